The number of hydrogen-bond donors (Lipinski definition) is 1. The van der Waals surface area contributed by atoms with E-state index >= 15 is 0 Å². The van der Waals surface area contributed by atoms with E-state index in [-0.39, 0.29) is 5.91 Å². The van der Waals surface area contributed by atoms with Crippen LogP contribution in [0.4, 0.5) is 0 Å². The van der Waals surface area contributed by atoms with Crippen LogP contribution in [-0.2, 0) is 4.79 Å². The van der Waals surface area contributed by atoms with Crippen molar-refractivity contribution in [3.8, 4) is 0 Å². The zero-order chi connectivity index (χ0) is 8.43. The Kier molecular flexibility index (Phi) is 2.53. The van der Waals surface area contributed by atoms with E-state index in [4.69, 9.17) is 0 Å². The molecule has 0 saturated heterocycles. The van der Waals surface area contributed by atoms with Crippen LogP contribution >= 0.6 is 0 Å². The lowest BCUT2D eigenvalue weighted by Crippen LogP contribution is -2.44. The Hall–Kier alpha value is -0.530. The molecule has 64 valence electrons. The van der Waals surface area contributed by atoms with Crippen molar-refractivity contribution >= 4 is 5.91 Å². The van der Waals surface area contributed by atoms with Gasteiger partial charge in [0.2, 0.25) is 5.91 Å². The SMILES string of the molecule is CC(=O)N[C@H]1C[C@@H](C(C)C)C1. The van der Waals surface area contributed by atoms with Crippen LogP contribution in [0.15, 0.2) is 0 Å². The second-order valence-corrected chi connectivity index (χ2v) is 3.87. The van der Waals surface area contributed by atoms with Crippen LogP contribution in [0, 0.1) is 11.8 Å². The first-order valence-electron chi connectivity index (χ1n) is 4.36. The van der Waals surface area contributed by atoms with Gasteiger partial charge in [-0.25, -0.2) is 0 Å². The molecule has 0 atom stereocenters. The van der Waals surface area contributed by atoms with Crippen LogP contribution in [-0.4, -0.2) is 11.9 Å². The maximum atomic E-state index is 10.6. The summed E-state index contributed by atoms with van der Waals surface area (Å²) in [5, 5.41) is 2.93. The number of amides is 1. The van der Waals surface area contributed by atoms with E-state index in [0.717, 1.165) is 11.8 Å². The van der Waals surface area contributed by atoms with Gasteiger partial charge in [0.1, 0.15) is 0 Å². The van der Waals surface area contributed by atoms with Gasteiger partial charge in [-0.1, -0.05) is 13.8 Å². The number of rotatable bonds is 2. The lowest BCUT2D eigenvalue weighted by Gasteiger charge is -2.38. The van der Waals surface area contributed by atoms with Gasteiger partial charge in [-0.05, 0) is 24.7 Å². The van der Waals surface area contributed by atoms with Gasteiger partial charge in [-0.2, -0.15) is 0 Å². The highest BCUT2D eigenvalue weighted by Gasteiger charge is 2.31. The minimum Gasteiger partial charge on any atom is -0.354 e. The number of hydrogen-bond acceptors (Lipinski definition) is 1. The van der Waals surface area contributed by atoms with E-state index in [1.165, 1.54) is 12.8 Å². The molecule has 0 heterocycles. The Morgan fingerprint density at radius 2 is 2.00 bits per heavy atom. The van der Waals surface area contributed by atoms with Gasteiger partial charge < -0.3 is 5.32 Å². The number of carbonyl (C=O) groups excluding carboxylic acids is 1. The third kappa shape index (κ3) is 2.21. The zero-order valence-electron chi connectivity index (χ0n) is 7.55. The Labute approximate surface area is 68.4 Å². The average Bonchev–Trinajstić information content (AvgIpc) is 1.75. The van der Waals surface area contributed by atoms with E-state index in [1.54, 1.807) is 6.92 Å². The van der Waals surface area contributed by atoms with Gasteiger partial charge in [-0.15, -0.1) is 0 Å². The summed E-state index contributed by atoms with van der Waals surface area (Å²) < 4.78 is 0. The van der Waals surface area contributed by atoms with Crippen LogP contribution in [0.25, 0.3) is 0 Å². The Morgan fingerprint density at radius 1 is 1.45 bits per heavy atom. The second-order valence-electron chi connectivity index (χ2n) is 3.87. The molecule has 1 N–H and O–H groups in total. The van der Waals surface area contributed by atoms with Crippen LogP contribution in [0.3, 0.4) is 0 Å². The van der Waals surface area contributed by atoms with Gasteiger partial charge in [0.25, 0.3) is 0 Å². The molecule has 0 spiro atoms. The lowest BCUT2D eigenvalue weighted by molar-refractivity contribution is -0.120. The summed E-state index contributed by atoms with van der Waals surface area (Å²) in [4.78, 5) is 10.6. The topological polar surface area (TPSA) is 29.1 Å². The summed E-state index contributed by atoms with van der Waals surface area (Å²) >= 11 is 0. The quantitative estimate of drug-likeness (QED) is 0.644. The molecule has 0 aromatic heterocycles. The first-order chi connectivity index (χ1) is 5.09. The standard InChI is InChI=1S/C9H17NO/c1-6(2)8-4-9(5-8)10-7(3)11/h6,8-9H,4-5H2,1-3H3,(H,10,11)/t8-,9+. The molecule has 0 unspecified atom stereocenters. The molecule has 1 aliphatic rings. The van der Waals surface area contributed by atoms with Crippen LogP contribution in [0.5, 0.6) is 0 Å². The molecule has 2 heteroatoms. The monoisotopic (exact) mass is 155 g/mol. The summed E-state index contributed by atoms with van der Waals surface area (Å²) in [5.41, 5.74) is 0. The molecule has 1 amide bonds. The molecule has 2 nitrogen and oxygen atoms in total. The molecular formula is C9H17NO. The van der Waals surface area contributed by atoms with Gasteiger partial charge in [-0.3, -0.25) is 4.79 Å². The van der Waals surface area contributed by atoms with E-state index in [9.17, 15) is 4.79 Å². The number of nitrogens with one attached hydrogen (secondary N) is 1. The minimum atomic E-state index is 0.109. The summed E-state index contributed by atoms with van der Waals surface area (Å²) in [6.45, 7) is 6.08. The third-order valence-electron chi connectivity index (χ3n) is 2.52. The fourth-order valence-corrected chi connectivity index (χ4v) is 1.61. The summed E-state index contributed by atoms with van der Waals surface area (Å²) in [6.07, 6.45) is 2.36. The van der Waals surface area contributed by atoms with Crippen molar-refractivity contribution in [2.75, 3.05) is 0 Å². The highest BCUT2D eigenvalue weighted by Crippen LogP contribution is 2.33. The van der Waals surface area contributed by atoms with Crippen molar-refractivity contribution in [3.05, 3.63) is 0 Å². The lowest BCUT2D eigenvalue weighted by atomic mass is 9.74. The Morgan fingerprint density at radius 3 is 2.36 bits per heavy atom. The molecule has 0 aliphatic heterocycles. The van der Waals surface area contributed by atoms with Crippen molar-refractivity contribution in [2.24, 2.45) is 11.8 Å². The molecule has 1 fully saturated rings. The largest absolute Gasteiger partial charge is 0.354 e. The maximum absolute atomic E-state index is 10.6. The molecule has 11 heavy (non-hydrogen) atoms. The maximum Gasteiger partial charge on any atom is 0.217 e. The highest BCUT2D eigenvalue weighted by atomic mass is 16.1. The summed E-state index contributed by atoms with van der Waals surface area (Å²) in [6, 6.07) is 0.472. The molecule has 1 rings (SSSR count). The Balaban J connectivity index is 2.14. The predicted molar refractivity (Wildman–Crippen MR) is 45.2 cm³/mol. The van der Waals surface area contributed by atoms with E-state index in [1.807, 2.05) is 0 Å². The van der Waals surface area contributed by atoms with Crippen LogP contribution < -0.4 is 5.32 Å². The third-order valence-corrected chi connectivity index (χ3v) is 2.52. The molecule has 1 saturated carbocycles. The fourth-order valence-electron chi connectivity index (χ4n) is 1.61. The van der Waals surface area contributed by atoms with Crippen LogP contribution in [0.1, 0.15) is 33.6 Å². The first kappa shape index (κ1) is 8.57. The van der Waals surface area contributed by atoms with E-state index in [0.29, 0.717) is 6.04 Å². The van der Waals surface area contributed by atoms with Crippen molar-refractivity contribution in [1.29, 1.82) is 0 Å². The molecule has 0 aromatic rings. The highest BCUT2D eigenvalue weighted by molar-refractivity contribution is 5.73. The van der Waals surface area contributed by atoms with Gasteiger partial charge in [0.15, 0.2) is 0 Å². The van der Waals surface area contributed by atoms with E-state index in [2.05, 4.69) is 19.2 Å². The average molecular weight is 155 g/mol. The minimum absolute atomic E-state index is 0.109. The normalized spacial score (nSPS) is 29.8. The Bertz CT molecular complexity index is 148. The van der Waals surface area contributed by atoms with E-state index < -0.39 is 0 Å². The van der Waals surface area contributed by atoms with Gasteiger partial charge >= 0.3 is 0 Å². The van der Waals surface area contributed by atoms with Gasteiger partial charge in [0, 0.05) is 13.0 Å². The molecule has 0 radical (unpaired) electrons. The molecule has 0 bridgehead atoms. The summed E-state index contributed by atoms with van der Waals surface area (Å²) in [7, 11) is 0. The second kappa shape index (κ2) is 3.24. The summed E-state index contributed by atoms with van der Waals surface area (Å²) in [5.74, 6) is 1.73. The zero-order valence-corrected chi connectivity index (χ0v) is 7.55. The van der Waals surface area contributed by atoms with Crippen LogP contribution in [0.2, 0.25) is 0 Å². The molecule has 1 aliphatic carbocycles. The first-order valence-corrected chi connectivity index (χ1v) is 4.36. The number of carbonyl (C=O) groups is 1. The van der Waals surface area contributed by atoms with Gasteiger partial charge in [0.05, 0.1) is 0 Å². The predicted octanol–water partition coefficient (Wildman–Crippen LogP) is 1.56. The van der Waals surface area contributed by atoms with Crippen molar-refractivity contribution in [3.63, 3.8) is 0 Å². The molecule has 0 aromatic carbocycles. The van der Waals surface area contributed by atoms with Crippen molar-refractivity contribution < 1.29 is 4.79 Å². The fraction of sp³-hybridized carbons (Fsp3) is 0.889. The van der Waals surface area contributed by atoms with Crippen molar-refractivity contribution in [1.82, 2.24) is 5.32 Å². The van der Waals surface area contributed by atoms with Crippen molar-refractivity contribution in [2.45, 2.75) is 39.7 Å². The smallest absolute Gasteiger partial charge is 0.217 e. The molecular weight excluding hydrogens is 138 g/mol.